The Hall–Kier alpha value is -1.10. The second-order valence-electron chi connectivity index (χ2n) is 4.92. The van der Waals surface area contributed by atoms with Crippen molar-refractivity contribution in [2.24, 2.45) is 0 Å². The molecule has 2 rings (SSSR count). The molecule has 0 N–H and O–H groups in total. The Balaban J connectivity index is 1.90. The van der Waals surface area contributed by atoms with E-state index in [1.807, 2.05) is 13.8 Å². The van der Waals surface area contributed by atoms with Crippen LogP contribution in [-0.4, -0.2) is 60.0 Å². The maximum Gasteiger partial charge on any atom is 0.245 e. The lowest BCUT2D eigenvalue weighted by atomic mass is 10.1. The maximum atomic E-state index is 12.1. The lowest BCUT2D eigenvalue weighted by molar-refractivity contribution is -0.154. The Labute approximate surface area is 102 Å². The number of ether oxygens (including phenoxy) is 1. The van der Waals surface area contributed by atoms with Gasteiger partial charge >= 0.3 is 0 Å². The summed E-state index contributed by atoms with van der Waals surface area (Å²) in [6, 6.07) is -0.199. The molecule has 2 heterocycles. The summed E-state index contributed by atoms with van der Waals surface area (Å²) in [4.78, 5) is 27.3. The van der Waals surface area contributed by atoms with E-state index in [4.69, 9.17) is 4.74 Å². The van der Waals surface area contributed by atoms with Gasteiger partial charge in [0.15, 0.2) is 0 Å². The molecule has 2 aliphatic heterocycles. The van der Waals surface area contributed by atoms with Crippen LogP contribution in [0.5, 0.6) is 0 Å². The second-order valence-corrected chi connectivity index (χ2v) is 4.92. The number of piperazine rings is 1. The summed E-state index contributed by atoms with van der Waals surface area (Å²) in [5.74, 6) is 0.172. The number of nitrogens with zero attached hydrogens (tertiary/aromatic N) is 2. The first-order valence-electron chi connectivity index (χ1n) is 6.29. The molecular weight excluding hydrogens is 220 g/mol. The summed E-state index contributed by atoms with van der Waals surface area (Å²) >= 11 is 0. The molecular formula is C12H20N2O3. The van der Waals surface area contributed by atoms with Gasteiger partial charge in [0.05, 0.1) is 19.3 Å². The Morgan fingerprint density at radius 3 is 2.88 bits per heavy atom. The van der Waals surface area contributed by atoms with Gasteiger partial charge in [0, 0.05) is 13.1 Å². The molecule has 0 spiro atoms. The molecule has 2 fully saturated rings. The van der Waals surface area contributed by atoms with Crippen molar-refractivity contribution < 1.29 is 14.3 Å². The van der Waals surface area contributed by atoms with Crippen molar-refractivity contribution in [3.8, 4) is 0 Å². The minimum Gasteiger partial charge on any atom is -0.377 e. The smallest absolute Gasteiger partial charge is 0.245 e. The van der Waals surface area contributed by atoms with Crippen molar-refractivity contribution >= 4 is 11.8 Å². The molecule has 2 amide bonds. The standard InChI is InChI=1S/C12H20N2O3/c1-9(2)17-7-6-13-8-11(15)14-5-3-4-10(14)12(13)16/h9-10H,3-8H2,1-2H3. The van der Waals surface area contributed by atoms with Gasteiger partial charge in [-0.15, -0.1) is 0 Å². The fraction of sp³-hybridized carbons (Fsp3) is 0.833. The molecule has 0 bridgehead atoms. The van der Waals surface area contributed by atoms with Gasteiger partial charge in [-0.25, -0.2) is 0 Å². The number of rotatable bonds is 4. The highest BCUT2D eigenvalue weighted by molar-refractivity contribution is 5.95. The Kier molecular flexibility index (Phi) is 3.66. The van der Waals surface area contributed by atoms with Crippen LogP contribution in [0.4, 0.5) is 0 Å². The molecule has 17 heavy (non-hydrogen) atoms. The van der Waals surface area contributed by atoms with Gasteiger partial charge in [-0.1, -0.05) is 0 Å². The van der Waals surface area contributed by atoms with Crippen LogP contribution >= 0.6 is 0 Å². The van der Waals surface area contributed by atoms with Crippen molar-refractivity contribution in [1.29, 1.82) is 0 Å². The van der Waals surface area contributed by atoms with Crippen molar-refractivity contribution in [2.75, 3.05) is 26.2 Å². The lowest BCUT2D eigenvalue weighted by Gasteiger charge is -2.36. The van der Waals surface area contributed by atoms with Crippen molar-refractivity contribution in [1.82, 2.24) is 9.80 Å². The van der Waals surface area contributed by atoms with E-state index in [0.29, 0.717) is 13.2 Å². The molecule has 2 aliphatic rings. The van der Waals surface area contributed by atoms with Crippen LogP contribution in [0.3, 0.4) is 0 Å². The zero-order chi connectivity index (χ0) is 12.4. The minimum absolute atomic E-state index is 0.0802. The van der Waals surface area contributed by atoms with Crippen LogP contribution in [-0.2, 0) is 14.3 Å². The van der Waals surface area contributed by atoms with E-state index < -0.39 is 0 Å². The normalized spacial score (nSPS) is 24.8. The molecule has 0 aliphatic carbocycles. The average Bonchev–Trinajstić information content (AvgIpc) is 2.74. The topological polar surface area (TPSA) is 49.9 Å². The van der Waals surface area contributed by atoms with Gasteiger partial charge in [0.1, 0.15) is 6.04 Å². The number of amides is 2. The van der Waals surface area contributed by atoms with E-state index in [9.17, 15) is 9.59 Å². The number of carbonyl (C=O) groups is 2. The number of hydrogen-bond acceptors (Lipinski definition) is 3. The van der Waals surface area contributed by atoms with Gasteiger partial charge in [-0.2, -0.15) is 0 Å². The first kappa shape index (κ1) is 12.4. The minimum atomic E-state index is -0.199. The molecule has 0 aromatic heterocycles. The molecule has 96 valence electrons. The van der Waals surface area contributed by atoms with Crippen molar-refractivity contribution in [3.63, 3.8) is 0 Å². The number of hydrogen-bond donors (Lipinski definition) is 0. The molecule has 1 unspecified atom stereocenters. The predicted molar refractivity (Wildman–Crippen MR) is 62.4 cm³/mol. The maximum absolute atomic E-state index is 12.1. The highest BCUT2D eigenvalue weighted by Gasteiger charge is 2.41. The summed E-state index contributed by atoms with van der Waals surface area (Å²) in [6.07, 6.45) is 1.92. The average molecular weight is 240 g/mol. The quantitative estimate of drug-likeness (QED) is 0.707. The van der Waals surface area contributed by atoms with E-state index in [-0.39, 0.29) is 30.5 Å². The highest BCUT2D eigenvalue weighted by Crippen LogP contribution is 2.23. The highest BCUT2D eigenvalue weighted by atomic mass is 16.5. The fourth-order valence-corrected chi connectivity index (χ4v) is 2.45. The van der Waals surface area contributed by atoms with Gasteiger partial charge in [-0.05, 0) is 26.7 Å². The Morgan fingerprint density at radius 2 is 2.18 bits per heavy atom. The molecule has 0 aromatic rings. The molecule has 2 saturated heterocycles. The summed E-state index contributed by atoms with van der Waals surface area (Å²) in [5.41, 5.74) is 0. The summed E-state index contributed by atoms with van der Waals surface area (Å²) in [7, 11) is 0. The third-order valence-corrected chi connectivity index (χ3v) is 3.31. The SMILES string of the molecule is CC(C)OCCN1CC(=O)N2CCCC2C1=O. The molecule has 5 nitrogen and oxygen atoms in total. The lowest BCUT2D eigenvalue weighted by Crippen LogP contribution is -2.57. The summed E-state index contributed by atoms with van der Waals surface area (Å²) in [6.45, 7) is 5.91. The van der Waals surface area contributed by atoms with Crippen LogP contribution in [0.15, 0.2) is 0 Å². The third-order valence-electron chi connectivity index (χ3n) is 3.31. The molecule has 0 radical (unpaired) electrons. The molecule has 0 aromatic carbocycles. The Morgan fingerprint density at radius 1 is 1.41 bits per heavy atom. The van der Waals surface area contributed by atoms with Crippen LogP contribution in [0.1, 0.15) is 26.7 Å². The van der Waals surface area contributed by atoms with Crippen LogP contribution in [0.2, 0.25) is 0 Å². The van der Waals surface area contributed by atoms with Gasteiger partial charge in [0.2, 0.25) is 11.8 Å². The van der Waals surface area contributed by atoms with Crippen molar-refractivity contribution in [3.05, 3.63) is 0 Å². The largest absolute Gasteiger partial charge is 0.377 e. The monoisotopic (exact) mass is 240 g/mol. The second kappa shape index (κ2) is 5.04. The van der Waals surface area contributed by atoms with Gasteiger partial charge in [0.25, 0.3) is 0 Å². The van der Waals surface area contributed by atoms with E-state index in [1.54, 1.807) is 9.80 Å². The van der Waals surface area contributed by atoms with Gasteiger partial charge < -0.3 is 14.5 Å². The van der Waals surface area contributed by atoms with E-state index in [2.05, 4.69) is 0 Å². The van der Waals surface area contributed by atoms with E-state index in [1.165, 1.54) is 0 Å². The molecule has 5 heteroatoms. The van der Waals surface area contributed by atoms with Crippen molar-refractivity contribution in [2.45, 2.75) is 38.8 Å². The third kappa shape index (κ3) is 2.60. The van der Waals surface area contributed by atoms with E-state index >= 15 is 0 Å². The predicted octanol–water partition coefficient (Wildman–Crippen LogP) is 0.245. The number of fused-ring (bicyclic) bond motifs is 1. The van der Waals surface area contributed by atoms with Crippen LogP contribution in [0.25, 0.3) is 0 Å². The molecule has 1 atom stereocenters. The fourth-order valence-electron chi connectivity index (χ4n) is 2.45. The number of carbonyl (C=O) groups excluding carboxylic acids is 2. The zero-order valence-electron chi connectivity index (χ0n) is 10.5. The van der Waals surface area contributed by atoms with E-state index in [0.717, 1.165) is 19.4 Å². The zero-order valence-corrected chi connectivity index (χ0v) is 10.5. The Bertz CT molecular complexity index is 317. The van der Waals surface area contributed by atoms with Gasteiger partial charge in [-0.3, -0.25) is 9.59 Å². The first-order valence-corrected chi connectivity index (χ1v) is 6.29. The molecule has 0 saturated carbocycles. The summed E-state index contributed by atoms with van der Waals surface area (Å²) < 4.78 is 5.42. The summed E-state index contributed by atoms with van der Waals surface area (Å²) in [5, 5.41) is 0. The van der Waals surface area contributed by atoms with Crippen LogP contribution in [0, 0.1) is 0 Å². The van der Waals surface area contributed by atoms with Crippen LogP contribution < -0.4 is 0 Å². The first-order chi connectivity index (χ1) is 8.09.